The van der Waals surface area contributed by atoms with E-state index >= 15 is 0 Å². The molecule has 0 aromatic heterocycles. The van der Waals surface area contributed by atoms with E-state index in [1.54, 1.807) is 0 Å². The summed E-state index contributed by atoms with van der Waals surface area (Å²) in [7, 11) is 4.56. The van der Waals surface area contributed by atoms with E-state index in [0.717, 1.165) is 24.5 Å². The van der Waals surface area contributed by atoms with Crippen molar-refractivity contribution in [3.05, 3.63) is 71.8 Å². The summed E-state index contributed by atoms with van der Waals surface area (Å²) in [6, 6.07) is 21.4. The number of hydrogen-bond donors (Lipinski definition) is 0. The molecule has 0 unspecified atom stereocenters. The maximum atomic E-state index is 8.89. The molecule has 0 fully saturated rings. The van der Waals surface area contributed by atoms with Crippen LogP contribution in [-0.4, -0.2) is 24.5 Å². The second-order valence-electron chi connectivity index (χ2n) is 5.71. The summed E-state index contributed by atoms with van der Waals surface area (Å²) in [6.45, 7) is 3.10. The Kier molecular flexibility index (Phi) is 6.63. The van der Waals surface area contributed by atoms with Gasteiger partial charge in [-0.05, 0) is 6.92 Å². The first-order valence-corrected chi connectivity index (χ1v) is 6.96. The van der Waals surface area contributed by atoms with Crippen LogP contribution < -0.4 is 5.11 Å². The fourth-order valence-corrected chi connectivity index (χ4v) is 2.21. The van der Waals surface area contributed by atoms with Crippen molar-refractivity contribution >= 4 is 5.97 Å². The molecule has 0 saturated heterocycles. The molecule has 112 valence electrons. The number of carboxylic acids is 1. The Morgan fingerprint density at radius 1 is 0.857 bits per heavy atom. The predicted molar refractivity (Wildman–Crippen MR) is 83.1 cm³/mol. The summed E-state index contributed by atoms with van der Waals surface area (Å²) in [4.78, 5) is 8.89. The molecule has 0 heterocycles. The standard InChI is InChI=1S/C16H20N.C2H4O2/c1-17(2,13-15-9-5-3-6-10-15)14-16-11-7-4-8-12-16;1-2(3)4/h3-12H,13-14H2,1-2H3;1H3,(H,3,4)/q+1;/p-1. The smallest absolute Gasteiger partial charge is 0.104 e. The molecule has 2 aromatic carbocycles. The van der Waals surface area contributed by atoms with Crippen molar-refractivity contribution < 1.29 is 14.4 Å². The maximum absolute atomic E-state index is 8.89. The number of benzene rings is 2. The van der Waals surface area contributed by atoms with Gasteiger partial charge in [-0.3, -0.25) is 0 Å². The molecule has 2 rings (SSSR count). The molecule has 2 aromatic rings. The van der Waals surface area contributed by atoms with Crippen LogP contribution in [-0.2, 0) is 17.9 Å². The molecule has 0 aliphatic heterocycles. The lowest BCUT2D eigenvalue weighted by atomic mass is 10.1. The molecular formula is C18H23NO2. The van der Waals surface area contributed by atoms with Crippen LogP contribution >= 0.6 is 0 Å². The Morgan fingerprint density at radius 3 is 1.43 bits per heavy atom. The summed E-state index contributed by atoms with van der Waals surface area (Å²) in [5.41, 5.74) is 2.79. The van der Waals surface area contributed by atoms with Crippen LogP contribution in [0.5, 0.6) is 0 Å². The van der Waals surface area contributed by atoms with E-state index in [1.165, 1.54) is 11.1 Å². The van der Waals surface area contributed by atoms with Gasteiger partial charge in [0, 0.05) is 17.1 Å². The SMILES string of the molecule is CC(=O)[O-].C[N+](C)(Cc1ccccc1)Cc1ccccc1. The van der Waals surface area contributed by atoms with Crippen LogP contribution in [0.3, 0.4) is 0 Å². The molecule has 0 aliphatic rings. The minimum atomic E-state index is -1.08. The minimum Gasteiger partial charge on any atom is -0.550 e. The highest BCUT2D eigenvalue weighted by Crippen LogP contribution is 2.14. The van der Waals surface area contributed by atoms with Gasteiger partial charge in [0.05, 0.1) is 14.1 Å². The average molecular weight is 285 g/mol. The number of carbonyl (C=O) groups excluding carboxylic acids is 1. The molecule has 0 N–H and O–H groups in total. The van der Waals surface area contributed by atoms with Crippen LogP contribution in [0, 0.1) is 0 Å². The van der Waals surface area contributed by atoms with Gasteiger partial charge in [-0.15, -0.1) is 0 Å². The lowest BCUT2D eigenvalue weighted by molar-refractivity contribution is -0.916. The van der Waals surface area contributed by atoms with Crippen LogP contribution in [0.2, 0.25) is 0 Å². The minimum absolute atomic E-state index is 0.972. The Balaban J connectivity index is 0.000000491. The highest BCUT2D eigenvalue weighted by atomic mass is 16.4. The molecule has 0 atom stereocenters. The van der Waals surface area contributed by atoms with Gasteiger partial charge in [-0.25, -0.2) is 0 Å². The third-order valence-electron chi connectivity index (χ3n) is 2.91. The van der Waals surface area contributed by atoms with Crippen LogP contribution in [0.25, 0.3) is 0 Å². The maximum Gasteiger partial charge on any atom is 0.104 e. The van der Waals surface area contributed by atoms with Gasteiger partial charge < -0.3 is 14.4 Å². The first kappa shape index (κ1) is 16.9. The van der Waals surface area contributed by atoms with Crippen molar-refractivity contribution in [1.82, 2.24) is 0 Å². The van der Waals surface area contributed by atoms with Crippen molar-refractivity contribution in [2.24, 2.45) is 0 Å². The molecular weight excluding hydrogens is 262 g/mol. The fraction of sp³-hybridized carbons (Fsp3) is 0.278. The van der Waals surface area contributed by atoms with Gasteiger partial charge in [-0.1, -0.05) is 60.7 Å². The topological polar surface area (TPSA) is 40.1 Å². The lowest BCUT2D eigenvalue weighted by Crippen LogP contribution is -2.37. The number of carboxylic acid groups (broad SMARTS) is 1. The van der Waals surface area contributed by atoms with Gasteiger partial charge in [-0.2, -0.15) is 0 Å². The van der Waals surface area contributed by atoms with Crippen LogP contribution in [0.15, 0.2) is 60.7 Å². The van der Waals surface area contributed by atoms with Crippen molar-refractivity contribution in [2.45, 2.75) is 20.0 Å². The van der Waals surface area contributed by atoms with Gasteiger partial charge in [0.25, 0.3) is 0 Å². The molecule has 3 heteroatoms. The van der Waals surface area contributed by atoms with Crippen molar-refractivity contribution in [3.8, 4) is 0 Å². The normalized spacial score (nSPS) is 10.4. The van der Waals surface area contributed by atoms with E-state index in [4.69, 9.17) is 9.90 Å². The van der Waals surface area contributed by atoms with E-state index in [1.807, 2.05) is 0 Å². The summed E-state index contributed by atoms with van der Waals surface area (Å²) in [5, 5.41) is 8.89. The second-order valence-corrected chi connectivity index (χ2v) is 5.71. The molecule has 0 amide bonds. The lowest BCUT2D eigenvalue weighted by Gasteiger charge is -2.30. The van der Waals surface area contributed by atoms with E-state index in [-0.39, 0.29) is 0 Å². The zero-order chi connectivity index (χ0) is 15.7. The first-order chi connectivity index (χ1) is 9.89. The molecule has 0 radical (unpaired) electrons. The number of nitrogens with zero attached hydrogens (tertiary/aromatic N) is 1. The Hall–Kier alpha value is -2.13. The summed E-state index contributed by atoms with van der Waals surface area (Å²) in [6.07, 6.45) is 0. The van der Waals surface area contributed by atoms with Crippen molar-refractivity contribution in [1.29, 1.82) is 0 Å². The number of aliphatic carboxylic acids is 1. The molecule has 0 spiro atoms. The van der Waals surface area contributed by atoms with E-state index in [2.05, 4.69) is 74.8 Å². The average Bonchev–Trinajstić information content (AvgIpc) is 2.39. The van der Waals surface area contributed by atoms with Gasteiger partial charge in [0.2, 0.25) is 0 Å². The quantitative estimate of drug-likeness (QED) is 0.808. The molecule has 3 nitrogen and oxygen atoms in total. The Bertz CT molecular complexity index is 488. The van der Waals surface area contributed by atoms with Crippen LogP contribution in [0.4, 0.5) is 0 Å². The van der Waals surface area contributed by atoms with E-state index in [0.29, 0.717) is 0 Å². The second kappa shape index (κ2) is 8.22. The number of hydrogen-bond acceptors (Lipinski definition) is 2. The predicted octanol–water partition coefficient (Wildman–Crippen LogP) is 2.22. The third-order valence-corrected chi connectivity index (χ3v) is 2.91. The fourth-order valence-electron chi connectivity index (χ4n) is 2.21. The summed E-state index contributed by atoms with van der Waals surface area (Å²) < 4.78 is 0.980. The number of quaternary nitrogens is 1. The largest absolute Gasteiger partial charge is 0.550 e. The number of rotatable bonds is 4. The third kappa shape index (κ3) is 7.90. The monoisotopic (exact) mass is 285 g/mol. The summed E-state index contributed by atoms with van der Waals surface area (Å²) >= 11 is 0. The zero-order valence-electron chi connectivity index (χ0n) is 13.0. The van der Waals surface area contributed by atoms with Gasteiger partial charge in [0.1, 0.15) is 13.1 Å². The van der Waals surface area contributed by atoms with Crippen molar-refractivity contribution in [3.63, 3.8) is 0 Å². The zero-order valence-corrected chi connectivity index (χ0v) is 13.0. The Morgan fingerprint density at radius 2 is 1.14 bits per heavy atom. The van der Waals surface area contributed by atoms with E-state index in [9.17, 15) is 0 Å². The molecule has 0 aliphatic carbocycles. The van der Waals surface area contributed by atoms with Crippen molar-refractivity contribution in [2.75, 3.05) is 14.1 Å². The molecule has 0 bridgehead atoms. The first-order valence-electron chi connectivity index (χ1n) is 6.96. The Labute approximate surface area is 127 Å². The molecule has 21 heavy (non-hydrogen) atoms. The van der Waals surface area contributed by atoms with Gasteiger partial charge >= 0.3 is 0 Å². The van der Waals surface area contributed by atoms with E-state index < -0.39 is 5.97 Å². The summed E-state index contributed by atoms with van der Waals surface area (Å²) in [5.74, 6) is -1.08. The van der Waals surface area contributed by atoms with Gasteiger partial charge in [0.15, 0.2) is 0 Å². The highest BCUT2D eigenvalue weighted by molar-refractivity contribution is 5.60. The molecule has 0 saturated carbocycles. The number of carbonyl (C=O) groups is 1. The highest BCUT2D eigenvalue weighted by Gasteiger charge is 2.16. The van der Waals surface area contributed by atoms with Crippen LogP contribution in [0.1, 0.15) is 18.1 Å².